The summed E-state index contributed by atoms with van der Waals surface area (Å²) < 4.78 is 31.6. The number of benzene rings is 1. The molecule has 0 radical (unpaired) electrons. The van der Waals surface area contributed by atoms with Gasteiger partial charge in [-0.3, -0.25) is 4.79 Å². The van der Waals surface area contributed by atoms with Crippen LogP contribution in [0.5, 0.6) is 0 Å². The molecule has 0 bridgehead atoms. The van der Waals surface area contributed by atoms with Gasteiger partial charge in [-0.25, -0.2) is 4.68 Å². The third-order valence-electron chi connectivity index (χ3n) is 4.62. The number of nitrogens with zero attached hydrogens (tertiary/aromatic N) is 5. The van der Waals surface area contributed by atoms with Crippen LogP contribution in [0, 0.1) is 0 Å². The van der Waals surface area contributed by atoms with Crippen LogP contribution in [0.2, 0.25) is 0 Å². The monoisotopic (exact) mass is 419 g/mol. The topological polar surface area (TPSA) is 159 Å². The molecule has 1 aromatic carbocycles. The number of rotatable bonds is 6. The number of hydrogen-bond donors (Lipinski definition) is 4. The van der Waals surface area contributed by atoms with E-state index in [1.54, 1.807) is 18.2 Å². The predicted octanol–water partition coefficient (Wildman–Crippen LogP) is 0.987. The number of amides is 1. The lowest BCUT2D eigenvalue weighted by Crippen LogP contribution is -2.48. The number of primary amides is 1. The summed E-state index contributed by atoms with van der Waals surface area (Å²) >= 11 is 0. The van der Waals surface area contributed by atoms with Gasteiger partial charge in [0.1, 0.15) is 0 Å². The van der Waals surface area contributed by atoms with E-state index < -0.39 is 12.5 Å². The van der Waals surface area contributed by atoms with E-state index in [2.05, 4.69) is 30.9 Å². The predicted molar refractivity (Wildman–Crippen MR) is 103 cm³/mol. The third kappa shape index (κ3) is 4.11. The number of carbonyl (C=O) groups is 1. The molecule has 1 fully saturated rings. The van der Waals surface area contributed by atoms with E-state index in [1.807, 2.05) is 0 Å². The lowest BCUT2D eigenvalue weighted by molar-refractivity contribution is 0.0573. The number of fused-ring (bicyclic) bond motifs is 1. The van der Waals surface area contributed by atoms with Crippen molar-refractivity contribution in [2.24, 2.45) is 11.5 Å². The number of anilines is 3. The number of ether oxygens (including phenoxy) is 1. The molecule has 0 saturated carbocycles. The summed E-state index contributed by atoms with van der Waals surface area (Å²) in [4.78, 5) is 16.0. The van der Waals surface area contributed by atoms with E-state index in [0.717, 1.165) is 0 Å². The first-order chi connectivity index (χ1) is 14.4. The number of nitrogens with one attached hydrogen (secondary N) is 2. The van der Waals surface area contributed by atoms with Crippen molar-refractivity contribution >= 4 is 34.3 Å². The Balaban J connectivity index is 1.61. The molecule has 30 heavy (non-hydrogen) atoms. The SMILES string of the molecule is NC(=O)c1nnc(N[C@@H]2CCOC[C@@H]2N)nc1Nc1ccc2nn(C(F)F)cc2c1. The first-order valence-corrected chi connectivity index (χ1v) is 9.09. The number of carbonyl (C=O) groups excluding carboxylic acids is 1. The van der Waals surface area contributed by atoms with Gasteiger partial charge in [-0.15, -0.1) is 10.2 Å². The highest BCUT2D eigenvalue weighted by Gasteiger charge is 2.24. The molecule has 3 aromatic rings. The average molecular weight is 419 g/mol. The first kappa shape index (κ1) is 19.8. The normalized spacial score (nSPS) is 19.2. The van der Waals surface area contributed by atoms with Crippen LogP contribution in [-0.2, 0) is 4.74 Å². The Kier molecular flexibility index (Phi) is 5.37. The fraction of sp³-hybridized carbons (Fsp3) is 0.353. The van der Waals surface area contributed by atoms with Gasteiger partial charge in [-0.05, 0) is 24.6 Å². The number of hydrogen-bond acceptors (Lipinski definition) is 9. The van der Waals surface area contributed by atoms with E-state index in [9.17, 15) is 13.6 Å². The third-order valence-corrected chi connectivity index (χ3v) is 4.62. The van der Waals surface area contributed by atoms with Crippen molar-refractivity contribution in [3.8, 4) is 0 Å². The van der Waals surface area contributed by atoms with Crippen molar-refractivity contribution in [2.75, 3.05) is 23.8 Å². The first-order valence-electron chi connectivity index (χ1n) is 9.09. The molecule has 1 saturated heterocycles. The fourth-order valence-electron chi connectivity index (χ4n) is 3.10. The van der Waals surface area contributed by atoms with Gasteiger partial charge >= 0.3 is 6.55 Å². The maximum atomic E-state index is 12.8. The van der Waals surface area contributed by atoms with Gasteiger partial charge in [-0.1, -0.05) is 0 Å². The van der Waals surface area contributed by atoms with Crippen LogP contribution in [0.1, 0.15) is 23.5 Å². The van der Waals surface area contributed by atoms with Crippen molar-refractivity contribution in [3.63, 3.8) is 0 Å². The lowest BCUT2D eigenvalue weighted by atomic mass is 10.1. The van der Waals surface area contributed by atoms with Crippen molar-refractivity contribution < 1.29 is 18.3 Å². The van der Waals surface area contributed by atoms with Crippen LogP contribution in [0.25, 0.3) is 10.9 Å². The van der Waals surface area contributed by atoms with E-state index >= 15 is 0 Å². The van der Waals surface area contributed by atoms with Gasteiger partial charge in [0.2, 0.25) is 5.95 Å². The summed E-state index contributed by atoms with van der Waals surface area (Å²) in [5.74, 6) is -0.587. The van der Waals surface area contributed by atoms with E-state index in [-0.39, 0.29) is 29.5 Å². The summed E-state index contributed by atoms with van der Waals surface area (Å²) in [6.07, 6.45) is 1.88. The molecule has 4 rings (SSSR count). The van der Waals surface area contributed by atoms with Gasteiger partial charge in [0.15, 0.2) is 11.5 Å². The zero-order valence-electron chi connectivity index (χ0n) is 15.6. The van der Waals surface area contributed by atoms with E-state index in [4.69, 9.17) is 16.2 Å². The fourth-order valence-corrected chi connectivity index (χ4v) is 3.10. The van der Waals surface area contributed by atoms with E-state index in [1.165, 1.54) is 6.20 Å². The Bertz CT molecular complexity index is 1070. The van der Waals surface area contributed by atoms with Crippen LogP contribution in [0.3, 0.4) is 0 Å². The second kappa shape index (κ2) is 8.12. The molecule has 1 aliphatic rings. The highest BCUT2D eigenvalue weighted by Crippen LogP contribution is 2.24. The van der Waals surface area contributed by atoms with E-state index in [0.29, 0.717) is 40.9 Å². The van der Waals surface area contributed by atoms with Crippen LogP contribution in [-0.4, -0.2) is 56.2 Å². The van der Waals surface area contributed by atoms with Crippen LogP contribution in [0.15, 0.2) is 24.4 Å². The number of nitrogens with two attached hydrogens (primary N) is 2. The zero-order chi connectivity index (χ0) is 21.3. The maximum Gasteiger partial charge on any atom is 0.333 e. The highest BCUT2D eigenvalue weighted by atomic mass is 19.3. The second-order valence-corrected chi connectivity index (χ2v) is 6.76. The minimum absolute atomic E-state index is 0.0706. The summed E-state index contributed by atoms with van der Waals surface area (Å²) in [7, 11) is 0. The molecular formula is C17H19F2N9O2. The van der Waals surface area contributed by atoms with Gasteiger partial charge < -0.3 is 26.8 Å². The summed E-state index contributed by atoms with van der Waals surface area (Å²) in [6.45, 7) is -1.79. The highest BCUT2D eigenvalue weighted by molar-refractivity contribution is 5.96. The van der Waals surface area contributed by atoms with Crippen molar-refractivity contribution in [3.05, 3.63) is 30.1 Å². The summed E-state index contributed by atoms with van der Waals surface area (Å²) in [6, 6.07) is 4.40. The van der Waals surface area contributed by atoms with Crippen LogP contribution >= 0.6 is 0 Å². The molecule has 13 heteroatoms. The molecule has 0 aliphatic carbocycles. The molecule has 2 aromatic heterocycles. The molecule has 11 nitrogen and oxygen atoms in total. The molecule has 158 valence electrons. The van der Waals surface area contributed by atoms with Gasteiger partial charge in [0.05, 0.1) is 12.1 Å². The maximum absolute atomic E-state index is 12.8. The average Bonchev–Trinajstić information content (AvgIpc) is 3.13. The van der Waals surface area contributed by atoms with Gasteiger partial charge in [0, 0.05) is 36.0 Å². The number of halogens is 2. The van der Waals surface area contributed by atoms with Crippen molar-refractivity contribution in [1.29, 1.82) is 0 Å². The lowest BCUT2D eigenvalue weighted by Gasteiger charge is -2.29. The molecule has 0 spiro atoms. The molecule has 2 atom stereocenters. The standard InChI is InChI=1S/C17H19F2N9O2/c18-16(19)28-6-8-5-9(1-2-11(8)27-28)22-15-13(14(21)29)25-26-17(24-15)23-12-3-4-30-7-10(12)20/h1-2,5-6,10,12,16H,3-4,7,20H2,(H2,21,29)(H2,22,23,24,26)/t10-,12+/m0/s1. The Morgan fingerprint density at radius 2 is 2.17 bits per heavy atom. The summed E-state index contributed by atoms with van der Waals surface area (Å²) in [5, 5.41) is 18.0. The smallest absolute Gasteiger partial charge is 0.333 e. The molecule has 1 amide bonds. The molecular weight excluding hydrogens is 400 g/mol. The second-order valence-electron chi connectivity index (χ2n) is 6.76. The summed E-state index contributed by atoms with van der Waals surface area (Å²) in [5.41, 5.74) is 12.1. The molecule has 1 aliphatic heterocycles. The zero-order valence-corrected chi connectivity index (χ0v) is 15.6. The van der Waals surface area contributed by atoms with Crippen molar-refractivity contribution in [2.45, 2.75) is 25.1 Å². The molecule has 0 unspecified atom stereocenters. The quantitative estimate of drug-likeness (QED) is 0.457. The Labute approximate surface area is 168 Å². The molecule has 3 heterocycles. The Hall–Kier alpha value is -3.45. The minimum atomic E-state index is -2.74. The van der Waals surface area contributed by atoms with Crippen molar-refractivity contribution in [1.82, 2.24) is 25.0 Å². The number of aromatic nitrogens is 5. The molecule has 6 N–H and O–H groups in total. The Morgan fingerprint density at radius 1 is 1.33 bits per heavy atom. The number of alkyl halides is 2. The Morgan fingerprint density at radius 3 is 2.90 bits per heavy atom. The minimum Gasteiger partial charge on any atom is -0.380 e. The van der Waals surface area contributed by atoms with Crippen LogP contribution < -0.4 is 22.1 Å². The van der Waals surface area contributed by atoms with Gasteiger partial charge in [0.25, 0.3) is 5.91 Å². The largest absolute Gasteiger partial charge is 0.380 e. The van der Waals surface area contributed by atoms with Gasteiger partial charge in [-0.2, -0.15) is 18.9 Å². The van der Waals surface area contributed by atoms with Crippen LogP contribution in [0.4, 0.5) is 26.2 Å².